The molecule has 1 aliphatic heterocycles. The van der Waals surface area contributed by atoms with Gasteiger partial charge in [-0.1, -0.05) is 103 Å². The molecule has 4 aromatic rings. The van der Waals surface area contributed by atoms with Crippen LogP contribution in [-0.2, 0) is 20.6 Å². The zero-order chi connectivity index (χ0) is 25.9. The average molecular weight is 502 g/mol. The summed E-state index contributed by atoms with van der Waals surface area (Å²) in [6.45, 7) is -0.406. The van der Waals surface area contributed by atoms with Crippen molar-refractivity contribution in [2.45, 2.75) is 17.2 Å². The molecule has 0 spiro atoms. The number of nitrogens with two attached hydrogens (primary N) is 1. The molecular formula is C31H29F2NO3. The summed E-state index contributed by atoms with van der Waals surface area (Å²) >= 11 is 0. The van der Waals surface area contributed by atoms with Crippen LogP contribution in [0.4, 0.5) is 8.78 Å². The highest BCUT2D eigenvalue weighted by molar-refractivity contribution is 5.47. The van der Waals surface area contributed by atoms with E-state index in [1.165, 1.54) is 12.1 Å². The fourth-order valence-electron chi connectivity index (χ4n) is 5.36. The van der Waals surface area contributed by atoms with Crippen molar-refractivity contribution in [3.63, 3.8) is 0 Å². The predicted molar refractivity (Wildman–Crippen MR) is 138 cm³/mol. The SMILES string of the molecule is NC1(c2cccc(F)c2F)COC(COC(c2ccccc2)(c2ccccc2)c2ccccc2)[C@H]1CO. The van der Waals surface area contributed by atoms with E-state index in [9.17, 15) is 13.9 Å². The average Bonchev–Trinajstić information content (AvgIpc) is 3.28. The summed E-state index contributed by atoms with van der Waals surface area (Å²) in [5.74, 6) is -2.74. The number of benzene rings is 4. The Bertz CT molecular complexity index is 1220. The fourth-order valence-corrected chi connectivity index (χ4v) is 5.36. The monoisotopic (exact) mass is 501 g/mol. The number of aliphatic hydroxyl groups is 1. The Morgan fingerprint density at radius 2 is 1.32 bits per heavy atom. The van der Waals surface area contributed by atoms with Crippen LogP contribution in [0.5, 0.6) is 0 Å². The van der Waals surface area contributed by atoms with Crippen LogP contribution in [0.15, 0.2) is 109 Å². The van der Waals surface area contributed by atoms with Crippen LogP contribution in [0.2, 0.25) is 0 Å². The number of hydrogen-bond donors (Lipinski definition) is 2. The van der Waals surface area contributed by atoms with Gasteiger partial charge in [0, 0.05) is 11.5 Å². The van der Waals surface area contributed by atoms with Gasteiger partial charge < -0.3 is 20.3 Å². The number of rotatable bonds is 8. The van der Waals surface area contributed by atoms with Crippen LogP contribution in [0.25, 0.3) is 0 Å². The summed E-state index contributed by atoms with van der Waals surface area (Å²) < 4.78 is 41.6. The Morgan fingerprint density at radius 3 is 1.81 bits per heavy atom. The van der Waals surface area contributed by atoms with Gasteiger partial charge in [0.05, 0.1) is 31.5 Å². The third-order valence-electron chi connectivity index (χ3n) is 7.30. The molecule has 0 amide bonds. The smallest absolute Gasteiger partial charge is 0.163 e. The maximum atomic E-state index is 14.8. The first-order valence-electron chi connectivity index (χ1n) is 12.3. The van der Waals surface area contributed by atoms with Gasteiger partial charge in [0.15, 0.2) is 11.6 Å². The van der Waals surface area contributed by atoms with Crippen molar-refractivity contribution in [2.75, 3.05) is 19.8 Å². The van der Waals surface area contributed by atoms with Gasteiger partial charge in [-0.3, -0.25) is 0 Å². The molecule has 3 N–H and O–H groups in total. The van der Waals surface area contributed by atoms with Crippen molar-refractivity contribution in [2.24, 2.45) is 11.7 Å². The summed E-state index contributed by atoms with van der Waals surface area (Å²) in [4.78, 5) is 0. The summed E-state index contributed by atoms with van der Waals surface area (Å²) in [6.07, 6.45) is -0.659. The molecule has 0 aromatic heterocycles. The number of aliphatic hydroxyl groups excluding tert-OH is 1. The molecule has 0 bridgehead atoms. The minimum absolute atomic E-state index is 0.0190. The molecule has 1 heterocycles. The normalized spacial score (nSPS) is 21.7. The van der Waals surface area contributed by atoms with E-state index in [-0.39, 0.29) is 25.4 Å². The predicted octanol–water partition coefficient (Wildman–Crippen LogP) is 5.13. The van der Waals surface area contributed by atoms with E-state index < -0.39 is 34.8 Å². The summed E-state index contributed by atoms with van der Waals surface area (Å²) in [5.41, 5.74) is 6.95. The molecule has 1 aliphatic rings. The molecule has 6 heteroatoms. The van der Waals surface area contributed by atoms with Crippen molar-refractivity contribution < 1.29 is 23.4 Å². The van der Waals surface area contributed by atoms with E-state index in [2.05, 4.69) is 0 Å². The van der Waals surface area contributed by atoms with Crippen LogP contribution in [0.1, 0.15) is 22.3 Å². The van der Waals surface area contributed by atoms with Crippen molar-refractivity contribution in [1.29, 1.82) is 0 Å². The van der Waals surface area contributed by atoms with Crippen LogP contribution in [-0.4, -0.2) is 31.0 Å². The van der Waals surface area contributed by atoms with Gasteiger partial charge in [-0.2, -0.15) is 0 Å². The maximum absolute atomic E-state index is 14.8. The molecule has 5 rings (SSSR count). The van der Waals surface area contributed by atoms with Gasteiger partial charge in [0.2, 0.25) is 0 Å². The van der Waals surface area contributed by atoms with Gasteiger partial charge in [0.1, 0.15) is 5.60 Å². The number of hydrogen-bond acceptors (Lipinski definition) is 4. The first-order chi connectivity index (χ1) is 18.0. The fraction of sp³-hybridized carbons (Fsp3) is 0.226. The lowest BCUT2D eigenvalue weighted by atomic mass is 9.78. The van der Waals surface area contributed by atoms with Crippen molar-refractivity contribution in [3.8, 4) is 0 Å². The molecule has 4 aromatic carbocycles. The van der Waals surface area contributed by atoms with Crippen LogP contribution in [0.3, 0.4) is 0 Å². The third kappa shape index (κ3) is 4.47. The maximum Gasteiger partial charge on any atom is 0.163 e. The molecular weight excluding hydrogens is 472 g/mol. The summed E-state index contributed by atoms with van der Waals surface area (Å²) in [7, 11) is 0. The molecule has 2 unspecified atom stereocenters. The van der Waals surface area contributed by atoms with Crippen LogP contribution < -0.4 is 5.73 Å². The van der Waals surface area contributed by atoms with Crippen molar-refractivity contribution >= 4 is 0 Å². The second-order valence-corrected chi connectivity index (χ2v) is 9.37. The highest BCUT2D eigenvalue weighted by Crippen LogP contribution is 2.43. The van der Waals surface area contributed by atoms with Gasteiger partial charge in [-0.15, -0.1) is 0 Å². The quantitative estimate of drug-likeness (QED) is 0.329. The van der Waals surface area contributed by atoms with E-state index in [1.54, 1.807) is 0 Å². The first kappa shape index (κ1) is 25.2. The Morgan fingerprint density at radius 1 is 0.811 bits per heavy atom. The third-order valence-corrected chi connectivity index (χ3v) is 7.30. The van der Waals surface area contributed by atoms with Crippen molar-refractivity contribution in [1.82, 2.24) is 0 Å². The van der Waals surface area contributed by atoms with Crippen LogP contribution >= 0.6 is 0 Å². The molecule has 37 heavy (non-hydrogen) atoms. The standard InChI is InChI=1S/C31H29F2NO3/c32-27-18-10-17-25(29(27)33)30(34)21-36-28(26(30)19-35)20-37-31(22-11-4-1-5-12-22,23-13-6-2-7-14-23)24-15-8-3-9-16-24/h1-18,26,28,35H,19-21,34H2/t26-,28?,30?/m1/s1. The van der Waals surface area contributed by atoms with E-state index in [1.807, 2.05) is 91.0 Å². The minimum Gasteiger partial charge on any atom is -0.396 e. The van der Waals surface area contributed by atoms with Gasteiger partial charge in [0.25, 0.3) is 0 Å². The number of halogens is 2. The minimum atomic E-state index is -1.41. The Kier molecular flexibility index (Phi) is 7.17. The second kappa shape index (κ2) is 10.5. The van der Waals surface area contributed by atoms with E-state index >= 15 is 0 Å². The zero-order valence-corrected chi connectivity index (χ0v) is 20.3. The molecule has 1 saturated heterocycles. The Balaban J connectivity index is 1.55. The highest BCUT2D eigenvalue weighted by Gasteiger charge is 2.50. The molecule has 190 valence electrons. The van der Waals surface area contributed by atoms with Gasteiger partial charge in [-0.05, 0) is 22.8 Å². The molecule has 0 aliphatic carbocycles. The van der Waals surface area contributed by atoms with E-state index in [0.717, 1.165) is 22.8 Å². The molecule has 0 saturated carbocycles. The van der Waals surface area contributed by atoms with Crippen molar-refractivity contribution in [3.05, 3.63) is 143 Å². The first-order valence-corrected chi connectivity index (χ1v) is 12.3. The Hall–Kier alpha value is -3.42. The summed E-state index contributed by atoms with van der Waals surface area (Å²) in [6, 6.07) is 33.5. The zero-order valence-electron chi connectivity index (χ0n) is 20.3. The summed E-state index contributed by atoms with van der Waals surface area (Å²) in [5, 5.41) is 10.3. The largest absolute Gasteiger partial charge is 0.396 e. The molecule has 0 radical (unpaired) electrons. The highest BCUT2D eigenvalue weighted by atomic mass is 19.2. The van der Waals surface area contributed by atoms with E-state index in [4.69, 9.17) is 15.2 Å². The van der Waals surface area contributed by atoms with Gasteiger partial charge >= 0.3 is 0 Å². The lowest BCUT2D eigenvalue weighted by molar-refractivity contribution is -0.0603. The molecule has 3 atom stereocenters. The molecule has 4 nitrogen and oxygen atoms in total. The second-order valence-electron chi connectivity index (χ2n) is 9.37. The topological polar surface area (TPSA) is 64.7 Å². The number of ether oxygens (including phenoxy) is 2. The van der Waals surface area contributed by atoms with E-state index in [0.29, 0.717) is 0 Å². The lowest BCUT2D eigenvalue weighted by Crippen LogP contribution is -2.48. The molecule has 1 fully saturated rings. The van der Waals surface area contributed by atoms with Crippen LogP contribution in [0, 0.1) is 17.6 Å². The lowest BCUT2D eigenvalue weighted by Gasteiger charge is -2.37. The Labute approximate surface area is 215 Å². The van der Waals surface area contributed by atoms with Gasteiger partial charge in [-0.25, -0.2) is 8.78 Å².